The molecule has 0 saturated heterocycles. The van der Waals surface area contributed by atoms with Crippen molar-refractivity contribution in [2.45, 2.75) is 13.3 Å². The molecule has 0 spiro atoms. The summed E-state index contributed by atoms with van der Waals surface area (Å²) in [4.78, 5) is 11.3. The molecule has 0 amide bonds. The van der Waals surface area contributed by atoms with Gasteiger partial charge in [-0.1, -0.05) is 18.2 Å². The second kappa shape index (κ2) is 5.80. The van der Waals surface area contributed by atoms with Crippen molar-refractivity contribution in [1.29, 1.82) is 5.41 Å². The quantitative estimate of drug-likeness (QED) is 0.355. The van der Waals surface area contributed by atoms with Crippen LogP contribution in [0.25, 0.3) is 0 Å². The Morgan fingerprint density at radius 2 is 2.00 bits per heavy atom. The van der Waals surface area contributed by atoms with Crippen molar-refractivity contribution in [2.24, 2.45) is 0 Å². The van der Waals surface area contributed by atoms with E-state index in [9.17, 15) is 4.79 Å². The minimum absolute atomic E-state index is 0.0709. The lowest BCUT2D eigenvalue weighted by Crippen LogP contribution is -2.15. The molecule has 0 aliphatic heterocycles. The van der Waals surface area contributed by atoms with Crippen molar-refractivity contribution >= 4 is 11.9 Å². The van der Waals surface area contributed by atoms with Crippen LogP contribution in [0.2, 0.25) is 0 Å². The lowest BCUT2D eigenvalue weighted by Gasteiger charge is -2.05. The average Bonchev–Trinajstić information content (AvgIpc) is 2.19. The minimum Gasteiger partial charge on any atom is -0.481 e. The van der Waals surface area contributed by atoms with Gasteiger partial charge in [0.2, 0.25) is 0 Å². The molecule has 1 aromatic rings. The van der Waals surface area contributed by atoms with Gasteiger partial charge >= 0.3 is 5.97 Å². The molecule has 4 nitrogen and oxygen atoms in total. The van der Waals surface area contributed by atoms with Gasteiger partial charge in [-0.25, -0.2) is 0 Å². The summed E-state index contributed by atoms with van der Waals surface area (Å²) in [5.74, 6) is -0.0788. The van der Waals surface area contributed by atoms with Crippen LogP contribution in [0.4, 0.5) is 0 Å². The van der Waals surface area contributed by atoms with E-state index in [0.717, 1.165) is 0 Å². The van der Waals surface area contributed by atoms with Crippen LogP contribution in [0.5, 0.6) is 5.75 Å². The van der Waals surface area contributed by atoms with E-state index in [0.29, 0.717) is 12.4 Å². The summed E-state index contributed by atoms with van der Waals surface area (Å²) < 4.78 is 9.80. The largest absolute Gasteiger partial charge is 0.481 e. The Balaban J connectivity index is 2.40. The number of nitrogens with one attached hydrogen (secondary N) is 1. The van der Waals surface area contributed by atoms with Crippen molar-refractivity contribution in [3.63, 3.8) is 0 Å². The van der Waals surface area contributed by atoms with Crippen LogP contribution >= 0.6 is 0 Å². The molecule has 4 heteroatoms. The number of carbonyl (C=O) groups is 1. The van der Waals surface area contributed by atoms with E-state index in [1.54, 1.807) is 31.2 Å². The maximum absolute atomic E-state index is 11.3. The molecule has 0 fully saturated rings. The third-order valence-corrected chi connectivity index (χ3v) is 1.60. The third-order valence-electron chi connectivity index (χ3n) is 1.60. The first-order chi connectivity index (χ1) is 7.22. The Kier molecular flexibility index (Phi) is 4.34. The summed E-state index contributed by atoms with van der Waals surface area (Å²) in [5, 5.41) is 7.26. The van der Waals surface area contributed by atoms with E-state index in [4.69, 9.17) is 14.9 Å². The highest BCUT2D eigenvalue weighted by Crippen LogP contribution is 2.09. The molecule has 80 valence electrons. The molecule has 0 radical (unpaired) electrons. The Morgan fingerprint density at radius 3 is 2.60 bits per heavy atom. The Hall–Kier alpha value is -1.84. The molecular formula is C11H13NO3. The van der Waals surface area contributed by atoms with E-state index in [-0.39, 0.29) is 12.3 Å². The fourth-order valence-electron chi connectivity index (χ4n) is 1.01. The molecule has 0 atom stereocenters. The molecule has 0 aromatic heterocycles. The standard InChI is InChI=1S/C11H13NO3/c1-2-14-10(12)8-11(13)15-9-6-4-3-5-7-9/h3-7,12H,2,8H2,1H3. The van der Waals surface area contributed by atoms with Crippen LogP contribution in [0, 0.1) is 5.41 Å². The Bertz CT molecular complexity index is 335. The van der Waals surface area contributed by atoms with Crippen molar-refractivity contribution in [1.82, 2.24) is 0 Å². The van der Waals surface area contributed by atoms with Gasteiger partial charge in [0.25, 0.3) is 0 Å². The number of para-hydroxylation sites is 1. The molecule has 1 aromatic carbocycles. The van der Waals surface area contributed by atoms with Crippen LogP contribution in [0.15, 0.2) is 30.3 Å². The zero-order valence-electron chi connectivity index (χ0n) is 8.53. The molecule has 0 heterocycles. The summed E-state index contributed by atoms with van der Waals surface area (Å²) in [6, 6.07) is 8.75. The molecule has 0 aliphatic carbocycles. The lowest BCUT2D eigenvalue weighted by atomic mass is 10.3. The topological polar surface area (TPSA) is 59.4 Å². The number of ether oxygens (including phenoxy) is 2. The van der Waals surface area contributed by atoms with Gasteiger partial charge in [-0.05, 0) is 19.1 Å². The van der Waals surface area contributed by atoms with Crippen LogP contribution < -0.4 is 4.74 Å². The highest BCUT2D eigenvalue weighted by atomic mass is 16.5. The summed E-state index contributed by atoms with van der Waals surface area (Å²) in [6.45, 7) is 2.15. The molecule has 0 unspecified atom stereocenters. The van der Waals surface area contributed by atoms with Gasteiger partial charge in [0.15, 0.2) is 5.90 Å². The Morgan fingerprint density at radius 1 is 1.33 bits per heavy atom. The number of carbonyl (C=O) groups excluding carboxylic acids is 1. The smallest absolute Gasteiger partial charge is 0.320 e. The van der Waals surface area contributed by atoms with Gasteiger partial charge in [-0.15, -0.1) is 0 Å². The molecule has 0 aliphatic rings. The van der Waals surface area contributed by atoms with Crippen LogP contribution in [-0.4, -0.2) is 18.5 Å². The maximum Gasteiger partial charge on any atom is 0.320 e. The molecule has 0 saturated carbocycles. The van der Waals surface area contributed by atoms with Gasteiger partial charge in [0.05, 0.1) is 6.61 Å². The second-order valence-electron chi connectivity index (χ2n) is 2.82. The van der Waals surface area contributed by atoms with Gasteiger partial charge < -0.3 is 9.47 Å². The number of hydrogen-bond donors (Lipinski definition) is 1. The zero-order chi connectivity index (χ0) is 11.1. The van der Waals surface area contributed by atoms with Gasteiger partial charge in [0.1, 0.15) is 12.2 Å². The van der Waals surface area contributed by atoms with Crippen LogP contribution in [-0.2, 0) is 9.53 Å². The van der Waals surface area contributed by atoms with Crippen LogP contribution in [0.1, 0.15) is 13.3 Å². The van der Waals surface area contributed by atoms with E-state index < -0.39 is 5.97 Å². The van der Waals surface area contributed by atoms with E-state index in [2.05, 4.69) is 0 Å². The summed E-state index contributed by atoms with van der Waals surface area (Å²) in [7, 11) is 0. The predicted octanol–water partition coefficient (Wildman–Crippen LogP) is 2.00. The highest BCUT2D eigenvalue weighted by Gasteiger charge is 2.08. The van der Waals surface area contributed by atoms with Crippen molar-refractivity contribution < 1.29 is 14.3 Å². The van der Waals surface area contributed by atoms with Crippen molar-refractivity contribution in [3.8, 4) is 5.75 Å². The third kappa shape index (κ3) is 4.26. The van der Waals surface area contributed by atoms with Crippen LogP contribution in [0.3, 0.4) is 0 Å². The molecule has 15 heavy (non-hydrogen) atoms. The fourth-order valence-corrected chi connectivity index (χ4v) is 1.01. The monoisotopic (exact) mass is 207 g/mol. The second-order valence-corrected chi connectivity index (χ2v) is 2.82. The summed E-state index contributed by atoms with van der Waals surface area (Å²) in [5.41, 5.74) is 0. The van der Waals surface area contributed by atoms with E-state index in [1.165, 1.54) is 0 Å². The van der Waals surface area contributed by atoms with Crippen molar-refractivity contribution in [3.05, 3.63) is 30.3 Å². The number of rotatable bonds is 4. The first kappa shape index (κ1) is 11.2. The van der Waals surface area contributed by atoms with Crippen molar-refractivity contribution in [2.75, 3.05) is 6.61 Å². The normalized spacial score (nSPS) is 9.40. The summed E-state index contributed by atoms with van der Waals surface area (Å²) >= 11 is 0. The predicted molar refractivity (Wildman–Crippen MR) is 56.0 cm³/mol. The summed E-state index contributed by atoms with van der Waals surface area (Å²) in [6.07, 6.45) is -0.136. The number of hydrogen-bond acceptors (Lipinski definition) is 4. The SMILES string of the molecule is CCOC(=N)CC(=O)Oc1ccccc1. The zero-order valence-corrected chi connectivity index (χ0v) is 8.53. The maximum atomic E-state index is 11.3. The molecule has 1 N–H and O–H groups in total. The molecular weight excluding hydrogens is 194 g/mol. The fraction of sp³-hybridized carbons (Fsp3) is 0.273. The first-order valence-corrected chi connectivity index (χ1v) is 4.68. The highest BCUT2D eigenvalue weighted by molar-refractivity contribution is 5.93. The van der Waals surface area contributed by atoms with Gasteiger partial charge in [0, 0.05) is 0 Å². The van der Waals surface area contributed by atoms with E-state index >= 15 is 0 Å². The average molecular weight is 207 g/mol. The minimum atomic E-state index is -0.486. The first-order valence-electron chi connectivity index (χ1n) is 4.68. The Labute approximate surface area is 88.3 Å². The molecule has 0 bridgehead atoms. The number of esters is 1. The van der Waals surface area contributed by atoms with Gasteiger partial charge in [-0.2, -0.15) is 0 Å². The lowest BCUT2D eigenvalue weighted by molar-refractivity contribution is -0.133. The van der Waals surface area contributed by atoms with Gasteiger partial charge in [-0.3, -0.25) is 10.2 Å². The molecule has 1 rings (SSSR count). The number of benzene rings is 1. The van der Waals surface area contributed by atoms with E-state index in [1.807, 2.05) is 6.07 Å².